The Morgan fingerprint density at radius 3 is 2.57 bits per heavy atom. The van der Waals surface area contributed by atoms with Crippen molar-refractivity contribution in [1.82, 2.24) is 10.4 Å². The SMILES string of the molecule is C=C/C(F)=C\C=C\C1CONC(C/C=C(N=C(CCCCC=O)N(C=O)C(C=C)C/C=C/F)\C(C)=C/C)=N1.CC.CO. The van der Waals surface area contributed by atoms with E-state index in [9.17, 15) is 18.4 Å². The van der Waals surface area contributed by atoms with Crippen LogP contribution in [0.4, 0.5) is 8.78 Å². The van der Waals surface area contributed by atoms with Crippen molar-refractivity contribution in [3.8, 4) is 0 Å². The molecule has 8 nitrogen and oxygen atoms in total. The fourth-order valence-electron chi connectivity index (χ4n) is 3.38. The molecule has 2 unspecified atom stereocenters. The number of nitrogens with zero attached hydrogens (tertiary/aromatic N) is 3. The topological polar surface area (TPSA) is 104 Å². The van der Waals surface area contributed by atoms with Gasteiger partial charge in [0.1, 0.15) is 30.4 Å². The number of aliphatic hydroxyl groups excluding tert-OH is 1. The van der Waals surface area contributed by atoms with E-state index in [2.05, 4.69) is 23.6 Å². The molecule has 0 aliphatic carbocycles. The number of aldehydes is 1. The maximum atomic E-state index is 13.2. The number of hydroxylamine groups is 1. The van der Waals surface area contributed by atoms with Crippen LogP contribution in [-0.2, 0) is 14.4 Å². The first-order valence-electron chi connectivity index (χ1n) is 14.0. The average Bonchev–Trinajstić information content (AvgIpc) is 3.04. The molecule has 2 N–H and O–H groups in total. The van der Waals surface area contributed by atoms with E-state index in [1.165, 1.54) is 17.1 Å². The van der Waals surface area contributed by atoms with E-state index >= 15 is 0 Å². The summed E-state index contributed by atoms with van der Waals surface area (Å²) < 4.78 is 25.9. The van der Waals surface area contributed by atoms with Gasteiger partial charge in [0.05, 0.1) is 24.1 Å². The number of rotatable bonds is 17. The molecule has 0 radical (unpaired) electrons. The van der Waals surface area contributed by atoms with Crippen LogP contribution in [0.3, 0.4) is 0 Å². The Morgan fingerprint density at radius 2 is 2.00 bits per heavy atom. The fraction of sp³-hybridized carbons (Fsp3) is 0.438. The molecule has 1 amide bonds. The van der Waals surface area contributed by atoms with Crippen LogP contribution >= 0.6 is 0 Å². The molecule has 0 spiro atoms. The number of halogens is 2. The van der Waals surface area contributed by atoms with Crippen molar-refractivity contribution in [1.29, 1.82) is 0 Å². The second-order valence-corrected chi connectivity index (χ2v) is 8.32. The zero-order valence-electron chi connectivity index (χ0n) is 25.6. The Kier molecular flexibility index (Phi) is 26.4. The summed E-state index contributed by atoms with van der Waals surface area (Å²) in [7, 11) is 1.00. The largest absolute Gasteiger partial charge is 0.400 e. The molecule has 0 aromatic heterocycles. The summed E-state index contributed by atoms with van der Waals surface area (Å²) >= 11 is 0. The first-order chi connectivity index (χ1) is 20.4. The van der Waals surface area contributed by atoms with Crippen LogP contribution in [0.5, 0.6) is 0 Å². The van der Waals surface area contributed by atoms with E-state index in [0.29, 0.717) is 68.8 Å². The van der Waals surface area contributed by atoms with Crippen LogP contribution in [0.1, 0.15) is 66.2 Å². The molecule has 0 saturated carbocycles. The molecule has 2 atom stereocenters. The molecular formula is C32H48F2N4O4. The van der Waals surface area contributed by atoms with Gasteiger partial charge in [-0.05, 0) is 50.8 Å². The number of nitrogens with one attached hydrogen (secondary N) is 1. The molecule has 0 aromatic carbocycles. The zero-order chi connectivity index (χ0) is 32.2. The number of amidine groups is 2. The van der Waals surface area contributed by atoms with E-state index in [1.54, 1.807) is 18.2 Å². The van der Waals surface area contributed by atoms with Crippen LogP contribution in [0, 0.1) is 0 Å². The van der Waals surface area contributed by atoms with E-state index in [1.807, 2.05) is 39.8 Å². The van der Waals surface area contributed by atoms with E-state index in [0.717, 1.165) is 25.0 Å². The van der Waals surface area contributed by atoms with Gasteiger partial charge in [-0.15, -0.1) is 6.58 Å². The molecule has 0 bridgehead atoms. The smallest absolute Gasteiger partial charge is 0.215 e. The summed E-state index contributed by atoms with van der Waals surface area (Å²) in [6.07, 6.45) is 17.1. The summed E-state index contributed by atoms with van der Waals surface area (Å²) in [5.41, 5.74) is 4.30. The summed E-state index contributed by atoms with van der Waals surface area (Å²) in [6, 6.07) is -0.777. The van der Waals surface area contributed by atoms with Crippen molar-refractivity contribution in [3.05, 3.63) is 85.2 Å². The first kappa shape index (κ1) is 40.4. The van der Waals surface area contributed by atoms with Crippen LogP contribution in [-0.4, -0.2) is 60.2 Å². The van der Waals surface area contributed by atoms with E-state index < -0.39 is 11.9 Å². The number of carbonyl (C=O) groups is 2. The first-order valence-corrected chi connectivity index (χ1v) is 14.0. The molecule has 0 saturated heterocycles. The Labute approximate surface area is 250 Å². The minimum Gasteiger partial charge on any atom is -0.400 e. The molecule has 0 aromatic rings. The Balaban J connectivity index is 0. The summed E-state index contributed by atoms with van der Waals surface area (Å²) in [6.45, 7) is 15.2. The number of allylic oxidation sites excluding steroid dienone is 6. The van der Waals surface area contributed by atoms with Crippen molar-refractivity contribution < 1.29 is 28.3 Å². The number of hydrogen-bond acceptors (Lipinski definition) is 7. The normalized spacial score (nSPS) is 16.8. The van der Waals surface area contributed by atoms with Crippen LogP contribution < -0.4 is 5.48 Å². The number of hydrogen-bond donors (Lipinski definition) is 2. The average molecular weight is 591 g/mol. The number of aliphatic imine (C=N–C) groups is 2. The second kappa shape index (κ2) is 27.4. The van der Waals surface area contributed by atoms with Crippen molar-refractivity contribution in [2.45, 2.75) is 78.3 Å². The predicted molar refractivity (Wildman–Crippen MR) is 169 cm³/mol. The lowest BCUT2D eigenvalue weighted by molar-refractivity contribution is -0.115. The maximum Gasteiger partial charge on any atom is 0.215 e. The van der Waals surface area contributed by atoms with Gasteiger partial charge in [-0.1, -0.05) is 56.9 Å². The monoisotopic (exact) mass is 590 g/mol. The predicted octanol–water partition coefficient (Wildman–Crippen LogP) is 6.80. The quantitative estimate of drug-likeness (QED) is 0.0484. The lowest BCUT2D eigenvalue weighted by atomic mass is 10.1. The highest BCUT2D eigenvalue weighted by Gasteiger charge is 2.19. The van der Waals surface area contributed by atoms with Gasteiger partial charge in [-0.3, -0.25) is 25.0 Å². The second-order valence-electron chi connectivity index (χ2n) is 8.32. The van der Waals surface area contributed by atoms with Crippen molar-refractivity contribution >= 4 is 24.4 Å². The minimum absolute atomic E-state index is 0.243. The van der Waals surface area contributed by atoms with E-state index in [4.69, 9.17) is 14.9 Å². The van der Waals surface area contributed by atoms with Gasteiger partial charge in [0.15, 0.2) is 0 Å². The van der Waals surface area contributed by atoms with Gasteiger partial charge in [0.2, 0.25) is 6.41 Å². The molecule has 10 heteroatoms. The third kappa shape index (κ3) is 17.1. The molecule has 1 rings (SSSR count). The van der Waals surface area contributed by atoms with Gasteiger partial charge in [0, 0.05) is 26.4 Å². The summed E-state index contributed by atoms with van der Waals surface area (Å²) in [5, 5.41) is 7.00. The molecule has 42 heavy (non-hydrogen) atoms. The van der Waals surface area contributed by atoms with E-state index in [-0.39, 0.29) is 12.5 Å². The third-order valence-electron chi connectivity index (χ3n) is 5.60. The fourth-order valence-corrected chi connectivity index (χ4v) is 3.38. The minimum atomic E-state index is -0.484. The van der Waals surface area contributed by atoms with Crippen molar-refractivity contribution in [2.75, 3.05) is 13.7 Å². The summed E-state index contributed by atoms with van der Waals surface area (Å²) in [4.78, 5) is 39.1. The molecule has 1 heterocycles. The number of aliphatic hydroxyl groups is 1. The highest BCUT2D eigenvalue weighted by molar-refractivity contribution is 5.92. The standard InChI is InChI=1S/C29H38F2N4O3.C2H6.CH4O/c1-5-23(4)27(17-18-28-32-25(21-38-34-28)14-11-13-24(31)6-2)33-29(16-9-8-10-20-36)35(22-37)26(7-3)15-12-19-30;2*1-2/h5-7,11-14,17,19-20,22,25-26H,2-3,8-10,15-16,18,21H2,1,4H3,(H,32,34);1-2H3;2H,1H3/b14-11+,19-12+,23-5-,24-13+,27-17+,33-29?;;. The lowest BCUT2D eigenvalue weighted by Gasteiger charge is -2.27. The lowest BCUT2D eigenvalue weighted by Crippen LogP contribution is -2.38. The number of amides is 1. The zero-order valence-corrected chi connectivity index (χ0v) is 25.6. The summed E-state index contributed by atoms with van der Waals surface area (Å²) in [5.74, 6) is 0.605. The van der Waals surface area contributed by atoms with Gasteiger partial charge in [-0.25, -0.2) is 13.8 Å². The van der Waals surface area contributed by atoms with Crippen LogP contribution in [0.2, 0.25) is 0 Å². The Morgan fingerprint density at radius 1 is 1.29 bits per heavy atom. The molecule has 234 valence electrons. The van der Waals surface area contributed by atoms with Crippen LogP contribution in [0.15, 0.2) is 95.2 Å². The Bertz CT molecular complexity index is 1010. The number of unbranched alkanes of at least 4 members (excludes halogenated alkanes) is 2. The molecular weight excluding hydrogens is 542 g/mol. The van der Waals surface area contributed by atoms with Crippen molar-refractivity contribution in [3.63, 3.8) is 0 Å². The molecule has 1 aliphatic heterocycles. The molecule has 1 aliphatic rings. The van der Waals surface area contributed by atoms with Gasteiger partial charge < -0.3 is 9.90 Å². The number of carbonyl (C=O) groups excluding carboxylic acids is 2. The Hall–Kier alpha value is -3.76. The van der Waals surface area contributed by atoms with Crippen molar-refractivity contribution in [2.24, 2.45) is 9.98 Å². The van der Waals surface area contributed by atoms with Gasteiger partial charge >= 0.3 is 0 Å². The van der Waals surface area contributed by atoms with Gasteiger partial charge in [-0.2, -0.15) is 0 Å². The highest BCUT2D eigenvalue weighted by Crippen LogP contribution is 2.18. The van der Waals surface area contributed by atoms with Crippen LogP contribution in [0.25, 0.3) is 0 Å². The van der Waals surface area contributed by atoms with Gasteiger partial charge in [0.25, 0.3) is 0 Å². The third-order valence-corrected chi connectivity index (χ3v) is 5.60. The maximum absolute atomic E-state index is 13.2. The molecule has 0 fully saturated rings. The highest BCUT2D eigenvalue weighted by atomic mass is 19.1.